The normalized spacial score (nSPS) is 11.0. The summed E-state index contributed by atoms with van der Waals surface area (Å²) in [6.45, 7) is 0.648. The van der Waals surface area contributed by atoms with Gasteiger partial charge in [0.25, 0.3) is 0 Å². The zero-order chi connectivity index (χ0) is 10.1. The first-order valence-corrected chi connectivity index (χ1v) is 4.59. The Bertz CT molecular complexity index is 466. The summed E-state index contributed by atoms with van der Waals surface area (Å²) in [5.74, 6) is -0.181. The largest absolute Gasteiger partial charge is 0.395 e. The molecule has 0 bridgehead atoms. The van der Waals surface area contributed by atoms with Crippen LogP contribution in [-0.4, -0.2) is 24.1 Å². The van der Waals surface area contributed by atoms with Crippen molar-refractivity contribution in [1.82, 2.24) is 4.57 Å². The van der Waals surface area contributed by atoms with E-state index in [1.54, 1.807) is 13.9 Å². The highest BCUT2D eigenvalue weighted by atomic mass is 19.1. The lowest BCUT2D eigenvalue weighted by molar-refractivity contribution is 0.278. The van der Waals surface area contributed by atoms with Crippen LogP contribution in [0.2, 0.25) is 0 Å². The van der Waals surface area contributed by atoms with Crippen LogP contribution in [0.3, 0.4) is 0 Å². The van der Waals surface area contributed by atoms with Gasteiger partial charge in [0.15, 0.2) is 0 Å². The van der Waals surface area contributed by atoms with Crippen LogP contribution in [0.25, 0.3) is 10.9 Å². The first-order chi connectivity index (χ1) is 6.74. The maximum Gasteiger partial charge on any atom is 0.144 e. The highest BCUT2D eigenvalue weighted by Crippen LogP contribution is 2.14. The third-order valence-corrected chi connectivity index (χ3v) is 2.50. The molecule has 1 heterocycles. The maximum atomic E-state index is 13.2. The molecule has 0 amide bonds. The smallest absolute Gasteiger partial charge is 0.144 e. The second-order valence-corrected chi connectivity index (χ2v) is 3.34. The van der Waals surface area contributed by atoms with Gasteiger partial charge in [0.2, 0.25) is 0 Å². The molecular weight excluding hydrogens is 180 g/mol. The summed E-state index contributed by atoms with van der Waals surface area (Å²) >= 11 is 0. The number of halogens is 1. The Kier molecular flexibility index (Phi) is 2.29. The van der Waals surface area contributed by atoms with Gasteiger partial charge in [-0.05, 0) is 29.0 Å². The number of rotatable bonds is 2. The molecule has 0 fully saturated rings. The molecule has 1 aromatic carbocycles. The zero-order valence-electron chi connectivity index (χ0n) is 8.00. The van der Waals surface area contributed by atoms with Gasteiger partial charge in [-0.15, -0.1) is 0 Å². The van der Waals surface area contributed by atoms with E-state index in [9.17, 15) is 4.39 Å². The first kappa shape index (κ1) is 9.28. The van der Waals surface area contributed by atoms with Crippen LogP contribution >= 0.6 is 0 Å². The molecule has 72 valence electrons. The van der Waals surface area contributed by atoms with Crippen molar-refractivity contribution >= 4 is 24.2 Å². The SMILES string of the molecule is Bc1c(F)ccc2c1ccn2CCO. The Morgan fingerprint density at radius 1 is 1.36 bits per heavy atom. The van der Waals surface area contributed by atoms with E-state index in [1.165, 1.54) is 6.07 Å². The Labute approximate surface area is 82.4 Å². The fourth-order valence-electron chi connectivity index (χ4n) is 1.70. The van der Waals surface area contributed by atoms with Gasteiger partial charge in [-0.3, -0.25) is 0 Å². The van der Waals surface area contributed by atoms with Gasteiger partial charge in [0.05, 0.1) is 6.61 Å². The average Bonchev–Trinajstić information content (AvgIpc) is 2.57. The van der Waals surface area contributed by atoms with Crippen molar-refractivity contribution in [1.29, 1.82) is 0 Å². The van der Waals surface area contributed by atoms with Crippen molar-refractivity contribution in [3.63, 3.8) is 0 Å². The number of fused-ring (bicyclic) bond motifs is 1. The summed E-state index contributed by atoms with van der Waals surface area (Å²) in [7, 11) is 1.76. The monoisotopic (exact) mass is 191 g/mol. The molecule has 0 saturated heterocycles. The molecule has 0 saturated carbocycles. The average molecular weight is 191 g/mol. The second kappa shape index (κ2) is 3.46. The van der Waals surface area contributed by atoms with Crippen LogP contribution < -0.4 is 5.46 Å². The summed E-state index contributed by atoms with van der Waals surface area (Å²) < 4.78 is 15.1. The fourth-order valence-corrected chi connectivity index (χ4v) is 1.70. The Morgan fingerprint density at radius 2 is 2.14 bits per heavy atom. The minimum atomic E-state index is -0.181. The summed E-state index contributed by atoms with van der Waals surface area (Å²) in [4.78, 5) is 0. The van der Waals surface area contributed by atoms with Crippen LogP contribution in [0.5, 0.6) is 0 Å². The van der Waals surface area contributed by atoms with Crippen molar-refractivity contribution in [2.24, 2.45) is 0 Å². The van der Waals surface area contributed by atoms with E-state index in [1.807, 2.05) is 16.8 Å². The van der Waals surface area contributed by atoms with E-state index in [0.717, 1.165) is 10.9 Å². The maximum absolute atomic E-state index is 13.2. The number of hydrogen-bond acceptors (Lipinski definition) is 1. The molecule has 0 aliphatic carbocycles. The van der Waals surface area contributed by atoms with Gasteiger partial charge in [-0.2, -0.15) is 0 Å². The molecule has 0 spiro atoms. The quantitative estimate of drug-likeness (QED) is 0.665. The molecular formula is C10H11BFNO. The third-order valence-electron chi connectivity index (χ3n) is 2.50. The van der Waals surface area contributed by atoms with E-state index < -0.39 is 0 Å². The van der Waals surface area contributed by atoms with Gasteiger partial charge in [-0.1, -0.05) is 0 Å². The van der Waals surface area contributed by atoms with E-state index in [0.29, 0.717) is 12.0 Å². The molecule has 2 aromatic rings. The second-order valence-electron chi connectivity index (χ2n) is 3.34. The molecule has 0 aliphatic heterocycles. The zero-order valence-corrected chi connectivity index (χ0v) is 8.00. The molecule has 1 aromatic heterocycles. The predicted molar refractivity (Wildman–Crippen MR) is 57.2 cm³/mol. The van der Waals surface area contributed by atoms with Gasteiger partial charge in [-0.25, -0.2) is 4.39 Å². The third kappa shape index (κ3) is 1.32. The highest BCUT2D eigenvalue weighted by molar-refractivity contribution is 6.38. The highest BCUT2D eigenvalue weighted by Gasteiger charge is 2.05. The standard InChI is InChI=1S/C10H11BFNO/c11-10-7-3-4-13(5-6-14)9(7)2-1-8(10)12/h1-4,14H,5-6,11H2. The van der Waals surface area contributed by atoms with E-state index in [2.05, 4.69) is 0 Å². The van der Waals surface area contributed by atoms with Gasteiger partial charge in [0.1, 0.15) is 13.7 Å². The van der Waals surface area contributed by atoms with E-state index >= 15 is 0 Å². The number of aromatic nitrogens is 1. The topological polar surface area (TPSA) is 25.2 Å². The van der Waals surface area contributed by atoms with Crippen LogP contribution in [0.4, 0.5) is 4.39 Å². The summed E-state index contributed by atoms with van der Waals surface area (Å²) in [6.07, 6.45) is 1.87. The number of hydrogen-bond donors (Lipinski definition) is 1. The van der Waals surface area contributed by atoms with Crippen molar-refractivity contribution in [2.45, 2.75) is 6.54 Å². The van der Waals surface area contributed by atoms with Crippen LogP contribution in [0.1, 0.15) is 0 Å². The lowest BCUT2D eigenvalue weighted by Crippen LogP contribution is -2.09. The van der Waals surface area contributed by atoms with Crippen molar-refractivity contribution in [3.05, 3.63) is 30.2 Å². The van der Waals surface area contributed by atoms with E-state index in [-0.39, 0.29) is 12.4 Å². The first-order valence-electron chi connectivity index (χ1n) is 4.59. The van der Waals surface area contributed by atoms with Crippen molar-refractivity contribution in [3.8, 4) is 0 Å². The summed E-state index contributed by atoms with van der Waals surface area (Å²) in [5.41, 5.74) is 1.64. The van der Waals surface area contributed by atoms with Crippen LogP contribution in [0.15, 0.2) is 24.4 Å². The Hall–Kier alpha value is -1.29. The fraction of sp³-hybridized carbons (Fsp3) is 0.200. The lowest BCUT2D eigenvalue weighted by atomic mass is 9.92. The van der Waals surface area contributed by atoms with Gasteiger partial charge < -0.3 is 9.67 Å². The van der Waals surface area contributed by atoms with Crippen molar-refractivity contribution < 1.29 is 9.50 Å². The molecule has 2 nitrogen and oxygen atoms in total. The molecule has 0 radical (unpaired) electrons. The molecule has 0 unspecified atom stereocenters. The van der Waals surface area contributed by atoms with Gasteiger partial charge >= 0.3 is 0 Å². The number of benzene rings is 1. The summed E-state index contributed by atoms with van der Waals surface area (Å²) in [6, 6.07) is 5.09. The molecule has 0 aliphatic rings. The lowest BCUT2D eigenvalue weighted by Gasteiger charge is -2.03. The van der Waals surface area contributed by atoms with Crippen LogP contribution in [-0.2, 0) is 6.54 Å². The minimum Gasteiger partial charge on any atom is -0.395 e. The molecule has 4 heteroatoms. The van der Waals surface area contributed by atoms with Crippen molar-refractivity contribution in [2.75, 3.05) is 6.61 Å². The minimum absolute atomic E-state index is 0.0974. The number of nitrogens with zero attached hydrogens (tertiary/aromatic N) is 1. The summed E-state index contributed by atoms with van der Waals surface area (Å²) in [5, 5.41) is 9.74. The Morgan fingerprint density at radius 3 is 2.86 bits per heavy atom. The van der Waals surface area contributed by atoms with Gasteiger partial charge in [0, 0.05) is 18.3 Å². The predicted octanol–water partition coefficient (Wildman–Crippen LogP) is 0.0311. The Balaban J connectivity index is 2.64. The number of aliphatic hydroxyl groups excluding tert-OH is 1. The van der Waals surface area contributed by atoms with E-state index in [4.69, 9.17) is 5.11 Å². The molecule has 14 heavy (non-hydrogen) atoms. The molecule has 0 atom stereocenters. The van der Waals surface area contributed by atoms with Crippen LogP contribution in [0, 0.1) is 5.82 Å². The number of aliphatic hydroxyl groups is 1. The molecule has 1 N–H and O–H groups in total. The molecule has 2 rings (SSSR count).